The number of ether oxygens (including phenoxy) is 3. The lowest BCUT2D eigenvalue weighted by molar-refractivity contribution is -0.385. The van der Waals surface area contributed by atoms with Crippen molar-refractivity contribution in [2.45, 2.75) is 20.5 Å². The summed E-state index contributed by atoms with van der Waals surface area (Å²) >= 11 is 0. The van der Waals surface area contributed by atoms with Crippen LogP contribution in [0.5, 0.6) is 11.5 Å². The van der Waals surface area contributed by atoms with Gasteiger partial charge in [-0.3, -0.25) is 10.1 Å². The van der Waals surface area contributed by atoms with E-state index in [-0.39, 0.29) is 23.7 Å². The molecule has 1 aromatic carbocycles. The van der Waals surface area contributed by atoms with Crippen molar-refractivity contribution in [1.29, 1.82) is 0 Å². The maximum absolute atomic E-state index is 12.3. The molecule has 3 rings (SSSR count). The highest BCUT2D eigenvalue weighted by Gasteiger charge is 2.27. The Labute approximate surface area is 136 Å². The Balaban J connectivity index is 1.87. The Morgan fingerprint density at radius 1 is 1.29 bits per heavy atom. The summed E-state index contributed by atoms with van der Waals surface area (Å²) in [6.07, 6.45) is 0. The number of fused-ring (bicyclic) bond motifs is 1. The van der Waals surface area contributed by atoms with Crippen LogP contribution in [0, 0.1) is 24.0 Å². The van der Waals surface area contributed by atoms with E-state index in [0.717, 1.165) is 0 Å². The van der Waals surface area contributed by atoms with Gasteiger partial charge in [0, 0.05) is 6.07 Å². The average Bonchev–Trinajstić information content (AvgIpc) is 2.89. The Hall–Kier alpha value is -3.10. The molecule has 0 saturated heterocycles. The lowest BCUT2D eigenvalue weighted by Gasteiger charge is -2.18. The van der Waals surface area contributed by atoms with E-state index >= 15 is 0 Å². The van der Waals surface area contributed by atoms with Crippen LogP contribution in [0.2, 0.25) is 0 Å². The molecule has 126 valence electrons. The molecule has 2 heterocycles. The van der Waals surface area contributed by atoms with E-state index in [1.165, 1.54) is 12.1 Å². The van der Waals surface area contributed by atoms with Gasteiger partial charge in [0.1, 0.15) is 31.1 Å². The van der Waals surface area contributed by atoms with E-state index in [2.05, 4.69) is 5.16 Å². The zero-order valence-electron chi connectivity index (χ0n) is 13.0. The number of esters is 1. The fraction of sp³-hybridized carbons (Fsp3) is 0.333. The zero-order chi connectivity index (χ0) is 17.3. The summed E-state index contributed by atoms with van der Waals surface area (Å²) in [5, 5.41) is 15.0. The summed E-state index contributed by atoms with van der Waals surface area (Å²) in [4.78, 5) is 22.9. The number of hydrogen-bond donors (Lipinski definition) is 0. The lowest BCUT2D eigenvalue weighted by Crippen LogP contribution is -2.17. The van der Waals surface area contributed by atoms with Crippen molar-refractivity contribution in [3.05, 3.63) is 44.8 Å². The van der Waals surface area contributed by atoms with Crippen LogP contribution in [0.25, 0.3) is 0 Å². The van der Waals surface area contributed by atoms with Gasteiger partial charge in [-0.1, -0.05) is 5.16 Å². The van der Waals surface area contributed by atoms with Crippen molar-refractivity contribution >= 4 is 11.7 Å². The maximum atomic E-state index is 12.3. The van der Waals surface area contributed by atoms with Gasteiger partial charge in [0.05, 0.1) is 22.2 Å². The molecule has 9 nitrogen and oxygen atoms in total. The van der Waals surface area contributed by atoms with Crippen molar-refractivity contribution in [3.63, 3.8) is 0 Å². The standard InChI is InChI=1S/C15H14N2O7/c1-8-11(9(2)24-16-8)7-23-15(18)10-5-13-14(22-4-3-21-13)6-12(10)17(19)20/h5-6H,3-4,7H2,1-2H3. The molecule has 1 aliphatic rings. The van der Waals surface area contributed by atoms with Crippen LogP contribution >= 0.6 is 0 Å². The van der Waals surface area contributed by atoms with E-state index in [0.29, 0.717) is 30.2 Å². The summed E-state index contributed by atoms with van der Waals surface area (Å²) in [6.45, 7) is 3.91. The van der Waals surface area contributed by atoms with Gasteiger partial charge in [0.2, 0.25) is 0 Å². The number of nitro benzene ring substituents is 1. The second kappa shape index (κ2) is 6.19. The van der Waals surface area contributed by atoms with Gasteiger partial charge in [0.15, 0.2) is 11.5 Å². The minimum atomic E-state index is -0.835. The first-order valence-electron chi connectivity index (χ1n) is 7.14. The number of nitrogens with zero attached hydrogens (tertiary/aromatic N) is 2. The van der Waals surface area contributed by atoms with Crippen LogP contribution in [-0.2, 0) is 11.3 Å². The quantitative estimate of drug-likeness (QED) is 0.475. The highest BCUT2D eigenvalue weighted by molar-refractivity contribution is 5.95. The van der Waals surface area contributed by atoms with Gasteiger partial charge >= 0.3 is 5.97 Å². The monoisotopic (exact) mass is 334 g/mol. The van der Waals surface area contributed by atoms with Crippen molar-refractivity contribution < 1.29 is 28.5 Å². The van der Waals surface area contributed by atoms with Crippen LogP contribution in [-0.4, -0.2) is 29.3 Å². The van der Waals surface area contributed by atoms with E-state index in [4.69, 9.17) is 18.7 Å². The Morgan fingerprint density at radius 3 is 2.54 bits per heavy atom. The first-order chi connectivity index (χ1) is 11.5. The molecule has 9 heteroatoms. The first-order valence-corrected chi connectivity index (χ1v) is 7.14. The smallest absolute Gasteiger partial charge is 0.345 e. The third-order valence-corrected chi connectivity index (χ3v) is 3.61. The van der Waals surface area contributed by atoms with Crippen LogP contribution in [0.1, 0.15) is 27.4 Å². The van der Waals surface area contributed by atoms with Crippen molar-refractivity contribution in [1.82, 2.24) is 5.16 Å². The molecule has 1 aromatic heterocycles. The van der Waals surface area contributed by atoms with Crippen LogP contribution in [0.4, 0.5) is 5.69 Å². The predicted molar refractivity (Wildman–Crippen MR) is 79.2 cm³/mol. The summed E-state index contributed by atoms with van der Waals surface area (Å²) in [5.41, 5.74) is 0.625. The number of carbonyl (C=O) groups excluding carboxylic acids is 1. The molecule has 0 atom stereocenters. The largest absolute Gasteiger partial charge is 0.486 e. The molecule has 0 spiro atoms. The summed E-state index contributed by atoms with van der Waals surface area (Å²) in [7, 11) is 0. The molecule has 1 aliphatic heterocycles. The minimum Gasteiger partial charge on any atom is -0.486 e. The van der Waals surface area contributed by atoms with Gasteiger partial charge in [-0.2, -0.15) is 0 Å². The Morgan fingerprint density at radius 2 is 1.96 bits per heavy atom. The van der Waals surface area contributed by atoms with Crippen LogP contribution in [0.3, 0.4) is 0 Å². The van der Waals surface area contributed by atoms with Gasteiger partial charge in [-0.05, 0) is 13.8 Å². The lowest BCUT2D eigenvalue weighted by atomic mass is 10.1. The molecular weight excluding hydrogens is 320 g/mol. The number of aromatic nitrogens is 1. The topological polar surface area (TPSA) is 114 Å². The number of nitro groups is 1. The Bertz CT molecular complexity index is 793. The fourth-order valence-electron chi connectivity index (χ4n) is 2.32. The van der Waals surface area contributed by atoms with E-state index in [9.17, 15) is 14.9 Å². The minimum absolute atomic E-state index is 0.0917. The van der Waals surface area contributed by atoms with Gasteiger partial charge in [0.25, 0.3) is 5.69 Å². The molecule has 0 saturated carbocycles. The van der Waals surface area contributed by atoms with E-state index < -0.39 is 16.6 Å². The summed E-state index contributed by atoms with van der Waals surface area (Å²) in [5.74, 6) is 0.196. The average molecular weight is 334 g/mol. The highest BCUT2D eigenvalue weighted by atomic mass is 16.6. The molecule has 24 heavy (non-hydrogen) atoms. The van der Waals surface area contributed by atoms with Gasteiger partial charge < -0.3 is 18.7 Å². The molecular formula is C15H14N2O7. The van der Waals surface area contributed by atoms with E-state index in [1.807, 2.05) is 0 Å². The van der Waals surface area contributed by atoms with Gasteiger partial charge in [-0.25, -0.2) is 4.79 Å². The predicted octanol–water partition coefficient (Wildman–Crippen LogP) is 2.33. The second-order valence-corrected chi connectivity index (χ2v) is 5.15. The molecule has 0 bridgehead atoms. The SMILES string of the molecule is Cc1noc(C)c1COC(=O)c1cc2c(cc1[N+](=O)[O-])OCCO2. The van der Waals surface area contributed by atoms with Crippen LogP contribution in [0.15, 0.2) is 16.7 Å². The van der Waals surface area contributed by atoms with Crippen LogP contribution < -0.4 is 9.47 Å². The first kappa shape index (κ1) is 15.8. The van der Waals surface area contributed by atoms with E-state index in [1.54, 1.807) is 13.8 Å². The van der Waals surface area contributed by atoms with Gasteiger partial charge in [-0.15, -0.1) is 0 Å². The molecule has 0 unspecified atom stereocenters. The number of carbonyl (C=O) groups is 1. The van der Waals surface area contributed by atoms with Crippen molar-refractivity contribution in [2.75, 3.05) is 13.2 Å². The number of aryl methyl sites for hydroxylation is 2. The maximum Gasteiger partial charge on any atom is 0.345 e. The van der Waals surface area contributed by atoms with Crippen molar-refractivity contribution in [2.24, 2.45) is 0 Å². The second-order valence-electron chi connectivity index (χ2n) is 5.15. The highest BCUT2D eigenvalue weighted by Crippen LogP contribution is 2.37. The number of benzene rings is 1. The zero-order valence-corrected chi connectivity index (χ0v) is 13.0. The normalized spacial score (nSPS) is 12.8. The summed E-state index contributed by atoms with van der Waals surface area (Å²) in [6, 6.07) is 2.43. The molecule has 0 aliphatic carbocycles. The third kappa shape index (κ3) is 2.87. The Kier molecular flexibility index (Phi) is 4.07. The molecule has 0 amide bonds. The number of rotatable bonds is 4. The molecule has 2 aromatic rings. The number of hydrogen-bond acceptors (Lipinski definition) is 8. The molecule has 0 N–H and O–H groups in total. The fourth-order valence-corrected chi connectivity index (χ4v) is 2.32. The van der Waals surface area contributed by atoms with Crippen molar-refractivity contribution in [3.8, 4) is 11.5 Å². The third-order valence-electron chi connectivity index (χ3n) is 3.61. The summed E-state index contributed by atoms with van der Waals surface area (Å²) < 4.78 is 20.8. The molecule has 0 radical (unpaired) electrons. The molecule has 0 fully saturated rings.